The molecule has 0 heteroatoms. The molecule has 1 aliphatic carbocycles. The predicted octanol–water partition coefficient (Wildman–Crippen LogP) is 2.45. The number of rotatable bonds is 0. The van der Waals surface area contributed by atoms with Gasteiger partial charge < -0.3 is 0 Å². The van der Waals surface area contributed by atoms with Gasteiger partial charge in [0.25, 0.3) is 0 Å². The fraction of sp³-hybridized carbons (Fsp3) is 0.250. The molecular formula is C8H10. The van der Waals surface area contributed by atoms with Crippen molar-refractivity contribution in [3.05, 3.63) is 36.0 Å². The third-order valence-electron chi connectivity index (χ3n) is 1.38. The second-order valence-electron chi connectivity index (χ2n) is 1.95. The van der Waals surface area contributed by atoms with Crippen LogP contribution in [-0.4, -0.2) is 0 Å². The van der Waals surface area contributed by atoms with Crippen LogP contribution in [0, 0.1) is 0 Å². The van der Waals surface area contributed by atoms with Crippen molar-refractivity contribution in [1.29, 1.82) is 0 Å². The van der Waals surface area contributed by atoms with Crippen molar-refractivity contribution in [2.24, 2.45) is 0 Å². The number of hydrogen-bond donors (Lipinski definition) is 0. The van der Waals surface area contributed by atoms with E-state index in [-0.39, 0.29) is 0 Å². The quantitative estimate of drug-likeness (QED) is 0.445. The first-order valence-corrected chi connectivity index (χ1v) is 2.85. The van der Waals surface area contributed by atoms with E-state index in [1.807, 2.05) is 6.92 Å². The summed E-state index contributed by atoms with van der Waals surface area (Å²) in [5.74, 6) is 0. The van der Waals surface area contributed by atoms with Crippen LogP contribution in [0.5, 0.6) is 0 Å². The molecule has 0 saturated heterocycles. The smallest absolute Gasteiger partial charge is 0.00942 e. The Labute approximate surface area is 50.2 Å². The molecule has 0 unspecified atom stereocenters. The van der Waals surface area contributed by atoms with Crippen molar-refractivity contribution in [3.8, 4) is 0 Å². The normalized spacial score (nSPS) is 23.1. The highest BCUT2D eigenvalue weighted by Gasteiger charge is 2.00. The lowest BCUT2D eigenvalue weighted by Crippen LogP contribution is -1.71. The summed E-state index contributed by atoms with van der Waals surface area (Å²) in [4.78, 5) is 0. The van der Waals surface area contributed by atoms with Crippen molar-refractivity contribution in [3.63, 3.8) is 0 Å². The second kappa shape index (κ2) is 1.99. The molecule has 0 heterocycles. The van der Waals surface area contributed by atoms with Gasteiger partial charge in [0.2, 0.25) is 0 Å². The lowest BCUT2D eigenvalue weighted by atomic mass is 10.1. The van der Waals surface area contributed by atoms with Gasteiger partial charge in [-0.15, -0.1) is 0 Å². The SMILES string of the molecule is C=C1CC=C/C1=C/C. The molecule has 8 heavy (non-hydrogen) atoms. The Bertz CT molecular complexity index is 159. The van der Waals surface area contributed by atoms with E-state index in [4.69, 9.17) is 0 Å². The van der Waals surface area contributed by atoms with E-state index in [0.717, 1.165) is 6.42 Å². The molecule has 0 atom stereocenters. The van der Waals surface area contributed by atoms with Gasteiger partial charge >= 0.3 is 0 Å². The molecule has 0 aromatic heterocycles. The topological polar surface area (TPSA) is 0 Å². The third kappa shape index (κ3) is 0.738. The second-order valence-corrected chi connectivity index (χ2v) is 1.95. The van der Waals surface area contributed by atoms with Crippen LogP contribution >= 0.6 is 0 Å². The minimum Gasteiger partial charge on any atom is -0.0949 e. The molecule has 0 spiro atoms. The zero-order chi connectivity index (χ0) is 5.98. The van der Waals surface area contributed by atoms with Crippen LogP contribution in [0.15, 0.2) is 36.0 Å². The highest BCUT2D eigenvalue weighted by molar-refractivity contribution is 5.44. The Balaban J connectivity index is 2.82. The summed E-state index contributed by atoms with van der Waals surface area (Å²) in [5, 5.41) is 0. The standard InChI is InChI=1S/C8H10/c1-3-8-6-4-5-7(8)2/h3-4,6H,2,5H2,1H3/b8-3-. The van der Waals surface area contributed by atoms with E-state index in [2.05, 4.69) is 24.8 Å². The molecule has 0 fully saturated rings. The Morgan fingerprint density at radius 2 is 2.50 bits per heavy atom. The van der Waals surface area contributed by atoms with Gasteiger partial charge in [0.15, 0.2) is 0 Å². The molecule has 0 saturated carbocycles. The zero-order valence-electron chi connectivity index (χ0n) is 5.15. The van der Waals surface area contributed by atoms with Crippen LogP contribution < -0.4 is 0 Å². The largest absolute Gasteiger partial charge is 0.0949 e. The summed E-state index contributed by atoms with van der Waals surface area (Å²) >= 11 is 0. The Hall–Kier alpha value is -0.780. The van der Waals surface area contributed by atoms with Crippen molar-refractivity contribution < 1.29 is 0 Å². The number of allylic oxidation sites excluding steroid dienone is 5. The molecule has 0 N–H and O–H groups in total. The monoisotopic (exact) mass is 106 g/mol. The minimum absolute atomic E-state index is 1.04. The highest BCUT2D eigenvalue weighted by Crippen LogP contribution is 2.20. The van der Waals surface area contributed by atoms with Gasteiger partial charge in [0.1, 0.15) is 0 Å². The zero-order valence-corrected chi connectivity index (χ0v) is 5.15. The molecular weight excluding hydrogens is 96.1 g/mol. The van der Waals surface area contributed by atoms with Gasteiger partial charge in [-0.05, 0) is 24.5 Å². The maximum Gasteiger partial charge on any atom is -0.00942 e. The van der Waals surface area contributed by atoms with Crippen molar-refractivity contribution in [2.75, 3.05) is 0 Å². The van der Waals surface area contributed by atoms with Gasteiger partial charge in [-0.3, -0.25) is 0 Å². The molecule has 0 nitrogen and oxygen atoms in total. The van der Waals surface area contributed by atoms with Crippen LogP contribution in [0.25, 0.3) is 0 Å². The summed E-state index contributed by atoms with van der Waals surface area (Å²) in [7, 11) is 0. The van der Waals surface area contributed by atoms with Gasteiger partial charge in [-0.1, -0.05) is 24.8 Å². The Morgan fingerprint density at radius 1 is 1.75 bits per heavy atom. The van der Waals surface area contributed by atoms with Crippen LogP contribution in [0.1, 0.15) is 13.3 Å². The average Bonchev–Trinajstić information content (AvgIpc) is 2.14. The fourth-order valence-electron chi connectivity index (χ4n) is 0.864. The van der Waals surface area contributed by atoms with Gasteiger partial charge in [-0.25, -0.2) is 0 Å². The predicted molar refractivity (Wildman–Crippen MR) is 36.7 cm³/mol. The fourth-order valence-corrected chi connectivity index (χ4v) is 0.864. The first kappa shape index (κ1) is 5.36. The van der Waals surface area contributed by atoms with Crippen LogP contribution in [0.3, 0.4) is 0 Å². The van der Waals surface area contributed by atoms with E-state index < -0.39 is 0 Å². The highest BCUT2D eigenvalue weighted by atomic mass is 14.1. The average molecular weight is 106 g/mol. The van der Waals surface area contributed by atoms with E-state index in [1.165, 1.54) is 11.1 Å². The summed E-state index contributed by atoms with van der Waals surface area (Å²) in [5.41, 5.74) is 2.54. The molecule has 0 radical (unpaired) electrons. The molecule has 0 aliphatic heterocycles. The van der Waals surface area contributed by atoms with E-state index in [0.29, 0.717) is 0 Å². The summed E-state index contributed by atoms with van der Waals surface area (Å²) in [6, 6.07) is 0. The van der Waals surface area contributed by atoms with E-state index in [1.54, 1.807) is 0 Å². The van der Waals surface area contributed by atoms with Gasteiger partial charge in [-0.2, -0.15) is 0 Å². The van der Waals surface area contributed by atoms with Crippen LogP contribution in [0.4, 0.5) is 0 Å². The Kier molecular flexibility index (Phi) is 1.34. The van der Waals surface area contributed by atoms with E-state index >= 15 is 0 Å². The molecule has 0 bridgehead atoms. The summed E-state index contributed by atoms with van der Waals surface area (Å²) in [6.07, 6.45) is 7.38. The van der Waals surface area contributed by atoms with Gasteiger partial charge in [0, 0.05) is 0 Å². The minimum atomic E-state index is 1.04. The first-order valence-electron chi connectivity index (χ1n) is 2.85. The van der Waals surface area contributed by atoms with Crippen molar-refractivity contribution >= 4 is 0 Å². The summed E-state index contributed by atoms with van der Waals surface area (Å²) in [6.45, 7) is 5.91. The lowest BCUT2D eigenvalue weighted by molar-refractivity contribution is 1.33. The Morgan fingerprint density at radius 3 is 2.75 bits per heavy atom. The van der Waals surface area contributed by atoms with Crippen LogP contribution in [0.2, 0.25) is 0 Å². The first-order chi connectivity index (χ1) is 3.84. The van der Waals surface area contributed by atoms with Crippen molar-refractivity contribution in [1.82, 2.24) is 0 Å². The summed E-state index contributed by atoms with van der Waals surface area (Å²) < 4.78 is 0. The van der Waals surface area contributed by atoms with Crippen molar-refractivity contribution in [2.45, 2.75) is 13.3 Å². The molecule has 0 aromatic rings. The third-order valence-corrected chi connectivity index (χ3v) is 1.38. The lowest BCUT2D eigenvalue weighted by Gasteiger charge is -1.91. The maximum absolute atomic E-state index is 3.88. The molecule has 0 amide bonds. The molecule has 0 aromatic carbocycles. The molecule has 42 valence electrons. The maximum atomic E-state index is 3.88. The van der Waals surface area contributed by atoms with E-state index in [9.17, 15) is 0 Å². The molecule has 1 aliphatic rings. The molecule has 1 rings (SSSR count). The van der Waals surface area contributed by atoms with Crippen LogP contribution in [-0.2, 0) is 0 Å². The number of hydrogen-bond acceptors (Lipinski definition) is 0. The van der Waals surface area contributed by atoms with Gasteiger partial charge in [0.05, 0.1) is 0 Å².